The Kier molecular flexibility index (Phi) is 6.14. The maximum Gasteiger partial charge on any atom is 0.321 e. The van der Waals surface area contributed by atoms with E-state index in [0.29, 0.717) is 31.4 Å². The SMILES string of the molecule is O=C(NO)C1CCC(C(=O)Oc2ccccc2)(c2ccc(-c3ccccc3)cc2)CC1. The Bertz CT molecular complexity index is 1020. The molecule has 5 heteroatoms. The van der Waals surface area contributed by atoms with Crippen molar-refractivity contribution in [2.75, 3.05) is 0 Å². The monoisotopic (exact) mass is 415 g/mol. The smallest absolute Gasteiger partial charge is 0.321 e. The van der Waals surface area contributed by atoms with Gasteiger partial charge in [0.15, 0.2) is 0 Å². The number of benzene rings is 3. The molecule has 5 nitrogen and oxygen atoms in total. The second kappa shape index (κ2) is 9.14. The van der Waals surface area contributed by atoms with Gasteiger partial charge in [-0.25, -0.2) is 5.48 Å². The minimum atomic E-state index is -0.836. The van der Waals surface area contributed by atoms with Crippen LogP contribution in [0.3, 0.4) is 0 Å². The first-order valence-electron chi connectivity index (χ1n) is 10.5. The van der Waals surface area contributed by atoms with Crippen molar-refractivity contribution in [3.8, 4) is 16.9 Å². The molecule has 0 unspecified atom stereocenters. The van der Waals surface area contributed by atoms with E-state index in [1.807, 2.05) is 72.8 Å². The zero-order valence-electron chi connectivity index (χ0n) is 17.2. The predicted molar refractivity (Wildman–Crippen MR) is 118 cm³/mol. The number of carbonyl (C=O) groups is 2. The number of hydroxylamine groups is 1. The molecule has 0 spiro atoms. The van der Waals surface area contributed by atoms with E-state index in [-0.39, 0.29) is 11.9 Å². The van der Waals surface area contributed by atoms with Crippen molar-refractivity contribution in [2.24, 2.45) is 5.92 Å². The lowest BCUT2D eigenvalue weighted by molar-refractivity contribution is -0.145. The molecule has 0 radical (unpaired) electrons. The highest BCUT2D eigenvalue weighted by molar-refractivity contribution is 5.86. The molecule has 0 bridgehead atoms. The summed E-state index contributed by atoms with van der Waals surface area (Å²) in [5.74, 6) is -0.521. The standard InChI is InChI=1S/C26H25NO4/c28-24(27-30)21-15-17-26(18-16-21,25(29)31-23-9-5-2-6-10-23)22-13-11-20(12-14-22)19-7-3-1-4-8-19/h1-14,21,30H,15-18H2,(H,27,28). The molecule has 1 saturated carbocycles. The summed E-state index contributed by atoms with van der Waals surface area (Å²) in [6.07, 6.45) is 1.94. The van der Waals surface area contributed by atoms with Crippen LogP contribution >= 0.6 is 0 Å². The van der Waals surface area contributed by atoms with Crippen molar-refractivity contribution in [3.05, 3.63) is 90.5 Å². The lowest BCUT2D eigenvalue weighted by Crippen LogP contribution is -2.44. The molecule has 1 aliphatic rings. The van der Waals surface area contributed by atoms with Gasteiger partial charge in [-0.05, 0) is 54.5 Å². The van der Waals surface area contributed by atoms with Gasteiger partial charge in [-0.2, -0.15) is 0 Å². The number of esters is 1. The summed E-state index contributed by atoms with van der Waals surface area (Å²) in [5, 5.41) is 8.99. The molecule has 1 amide bonds. The molecule has 0 atom stereocenters. The molecule has 2 N–H and O–H groups in total. The van der Waals surface area contributed by atoms with Gasteiger partial charge in [-0.1, -0.05) is 72.8 Å². The number of para-hydroxylation sites is 1. The Hall–Kier alpha value is -3.44. The molecule has 0 aliphatic heterocycles. The minimum Gasteiger partial charge on any atom is -0.426 e. The lowest BCUT2D eigenvalue weighted by atomic mass is 9.66. The van der Waals surface area contributed by atoms with Crippen LogP contribution in [0, 0.1) is 5.92 Å². The van der Waals surface area contributed by atoms with Gasteiger partial charge < -0.3 is 4.74 Å². The first-order chi connectivity index (χ1) is 15.1. The maximum atomic E-state index is 13.4. The van der Waals surface area contributed by atoms with E-state index in [1.54, 1.807) is 17.6 Å². The van der Waals surface area contributed by atoms with Crippen molar-refractivity contribution in [3.63, 3.8) is 0 Å². The van der Waals surface area contributed by atoms with Gasteiger partial charge in [0, 0.05) is 5.92 Å². The van der Waals surface area contributed by atoms with Crippen LogP contribution in [-0.4, -0.2) is 17.1 Å². The summed E-state index contributed by atoms with van der Waals surface area (Å²) in [7, 11) is 0. The third-order valence-corrected chi connectivity index (χ3v) is 6.21. The number of rotatable bonds is 5. The second-order valence-electron chi connectivity index (χ2n) is 7.98. The molecule has 3 aromatic rings. The number of hydrogen-bond donors (Lipinski definition) is 2. The number of nitrogens with one attached hydrogen (secondary N) is 1. The van der Waals surface area contributed by atoms with Crippen LogP contribution in [0.2, 0.25) is 0 Å². The maximum absolute atomic E-state index is 13.4. The number of hydrogen-bond acceptors (Lipinski definition) is 4. The van der Waals surface area contributed by atoms with E-state index in [1.165, 1.54) is 0 Å². The van der Waals surface area contributed by atoms with E-state index in [4.69, 9.17) is 9.94 Å². The van der Waals surface area contributed by atoms with E-state index in [9.17, 15) is 9.59 Å². The Balaban J connectivity index is 1.64. The highest BCUT2D eigenvalue weighted by Crippen LogP contribution is 2.43. The lowest BCUT2D eigenvalue weighted by Gasteiger charge is -2.38. The van der Waals surface area contributed by atoms with Gasteiger partial charge in [-0.3, -0.25) is 14.8 Å². The second-order valence-corrected chi connectivity index (χ2v) is 7.98. The van der Waals surface area contributed by atoms with E-state index in [0.717, 1.165) is 16.7 Å². The van der Waals surface area contributed by atoms with Gasteiger partial charge in [0.1, 0.15) is 5.75 Å². The van der Waals surface area contributed by atoms with Gasteiger partial charge in [0.05, 0.1) is 5.41 Å². The van der Waals surface area contributed by atoms with Crippen molar-refractivity contribution in [1.82, 2.24) is 5.48 Å². The molecular formula is C26H25NO4. The molecule has 31 heavy (non-hydrogen) atoms. The molecule has 0 heterocycles. The molecular weight excluding hydrogens is 390 g/mol. The average molecular weight is 415 g/mol. The fourth-order valence-corrected chi connectivity index (χ4v) is 4.38. The zero-order valence-corrected chi connectivity index (χ0v) is 17.2. The average Bonchev–Trinajstić information content (AvgIpc) is 2.85. The fourth-order valence-electron chi connectivity index (χ4n) is 4.38. The Morgan fingerprint density at radius 3 is 1.94 bits per heavy atom. The first kappa shape index (κ1) is 20.8. The first-order valence-corrected chi connectivity index (χ1v) is 10.5. The van der Waals surface area contributed by atoms with Crippen LogP contribution in [0.4, 0.5) is 0 Å². The van der Waals surface area contributed by atoms with Crippen molar-refractivity contribution < 1.29 is 19.5 Å². The van der Waals surface area contributed by atoms with Crippen molar-refractivity contribution >= 4 is 11.9 Å². The Morgan fingerprint density at radius 1 is 0.806 bits per heavy atom. The van der Waals surface area contributed by atoms with E-state index in [2.05, 4.69) is 0 Å². The van der Waals surface area contributed by atoms with Crippen molar-refractivity contribution in [1.29, 1.82) is 0 Å². The van der Waals surface area contributed by atoms with E-state index >= 15 is 0 Å². The fraction of sp³-hybridized carbons (Fsp3) is 0.231. The quantitative estimate of drug-likeness (QED) is 0.269. The molecule has 0 saturated heterocycles. The summed E-state index contributed by atoms with van der Waals surface area (Å²) in [6.45, 7) is 0. The van der Waals surface area contributed by atoms with Crippen LogP contribution in [0.1, 0.15) is 31.2 Å². The predicted octanol–water partition coefficient (Wildman–Crippen LogP) is 4.89. The molecule has 1 fully saturated rings. The van der Waals surface area contributed by atoms with Crippen LogP contribution in [-0.2, 0) is 15.0 Å². The summed E-state index contributed by atoms with van der Waals surface area (Å²) in [4.78, 5) is 25.3. The molecule has 1 aliphatic carbocycles. The Morgan fingerprint density at radius 2 is 1.35 bits per heavy atom. The molecule has 0 aromatic heterocycles. The van der Waals surface area contributed by atoms with Crippen LogP contribution < -0.4 is 10.2 Å². The van der Waals surface area contributed by atoms with Gasteiger partial charge in [0.25, 0.3) is 0 Å². The highest BCUT2D eigenvalue weighted by Gasteiger charge is 2.46. The largest absolute Gasteiger partial charge is 0.426 e. The van der Waals surface area contributed by atoms with Crippen LogP contribution in [0.25, 0.3) is 11.1 Å². The molecule has 158 valence electrons. The molecule has 4 rings (SSSR count). The summed E-state index contributed by atoms with van der Waals surface area (Å²) >= 11 is 0. The van der Waals surface area contributed by atoms with Crippen LogP contribution in [0.15, 0.2) is 84.9 Å². The van der Waals surface area contributed by atoms with Gasteiger partial charge >= 0.3 is 5.97 Å². The summed E-state index contributed by atoms with van der Waals surface area (Å²) in [6, 6.07) is 27.1. The number of amides is 1. The third-order valence-electron chi connectivity index (χ3n) is 6.21. The summed E-state index contributed by atoms with van der Waals surface area (Å²) < 4.78 is 5.76. The summed E-state index contributed by atoms with van der Waals surface area (Å²) in [5.41, 5.74) is 3.97. The highest BCUT2D eigenvalue weighted by atomic mass is 16.5. The normalized spacial score (nSPS) is 20.6. The van der Waals surface area contributed by atoms with Crippen molar-refractivity contribution in [2.45, 2.75) is 31.1 Å². The van der Waals surface area contributed by atoms with Crippen LogP contribution in [0.5, 0.6) is 5.75 Å². The minimum absolute atomic E-state index is 0.311. The van der Waals surface area contributed by atoms with E-state index < -0.39 is 11.3 Å². The third kappa shape index (κ3) is 4.37. The van der Waals surface area contributed by atoms with Gasteiger partial charge in [-0.15, -0.1) is 0 Å². The zero-order chi connectivity index (χ0) is 21.7. The topological polar surface area (TPSA) is 75.6 Å². The number of carbonyl (C=O) groups excluding carboxylic acids is 2. The molecule has 3 aromatic carbocycles. The number of ether oxygens (including phenoxy) is 1. The Labute approximate surface area is 181 Å². The van der Waals surface area contributed by atoms with Gasteiger partial charge in [0.2, 0.25) is 5.91 Å².